The van der Waals surface area contributed by atoms with Crippen molar-refractivity contribution in [2.24, 2.45) is 0 Å². The molecule has 1 unspecified atom stereocenters. The van der Waals surface area contributed by atoms with Gasteiger partial charge in [-0.25, -0.2) is 19.7 Å². The lowest BCUT2D eigenvalue weighted by Gasteiger charge is -2.32. The van der Waals surface area contributed by atoms with Crippen molar-refractivity contribution in [1.82, 2.24) is 5.32 Å². The number of aliphatic hydroxyl groups is 1. The molecule has 0 radical (unpaired) electrons. The van der Waals surface area contributed by atoms with E-state index in [9.17, 15) is 19.5 Å². The van der Waals surface area contributed by atoms with Crippen molar-refractivity contribution in [3.8, 4) is 0 Å². The Hall–Kier alpha value is -2.39. The first-order valence-corrected chi connectivity index (χ1v) is 13.1. The molecule has 0 saturated carbocycles. The highest BCUT2D eigenvalue weighted by atomic mass is 16.8. The van der Waals surface area contributed by atoms with Crippen molar-refractivity contribution in [2.75, 3.05) is 33.8 Å². The largest absolute Gasteiger partial charge is 0.449 e. The molecule has 0 aliphatic carbocycles. The van der Waals surface area contributed by atoms with E-state index in [4.69, 9.17) is 14.2 Å². The first kappa shape index (κ1) is 33.6. The van der Waals surface area contributed by atoms with Gasteiger partial charge in [0.05, 0.1) is 27.2 Å². The monoisotopic (exact) mass is 513 g/mol. The van der Waals surface area contributed by atoms with E-state index < -0.39 is 30.0 Å². The Balaban J connectivity index is 4.23. The molecular weight excluding hydrogens is 464 g/mol. The fourth-order valence-corrected chi connectivity index (χ4v) is 3.83. The first-order chi connectivity index (χ1) is 17.0. The zero-order valence-electron chi connectivity index (χ0n) is 22.9. The molecule has 0 aromatic rings. The summed E-state index contributed by atoms with van der Waals surface area (Å²) in [5.74, 6) is -3.92. The fraction of sp³-hybridized carbons (Fsp3) is 0.741. The van der Waals surface area contributed by atoms with Gasteiger partial charge in [0.25, 0.3) is 0 Å². The maximum atomic E-state index is 12.1. The van der Waals surface area contributed by atoms with E-state index >= 15 is 0 Å². The van der Waals surface area contributed by atoms with Gasteiger partial charge in [-0.2, -0.15) is 0 Å². The molecule has 0 aromatic carbocycles. The van der Waals surface area contributed by atoms with E-state index in [2.05, 4.69) is 39.5 Å². The van der Waals surface area contributed by atoms with Gasteiger partial charge in [-0.1, -0.05) is 71.4 Å². The summed E-state index contributed by atoms with van der Waals surface area (Å²) in [5, 5.41) is 12.6. The maximum absolute atomic E-state index is 12.1. The van der Waals surface area contributed by atoms with Crippen LogP contribution in [-0.2, 0) is 23.8 Å². The summed E-state index contributed by atoms with van der Waals surface area (Å²) in [7, 11) is 4.16. The minimum Gasteiger partial charge on any atom is -0.449 e. The number of aliphatic hydroxyl groups excluding tert-OH is 1. The summed E-state index contributed by atoms with van der Waals surface area (Å²) in [4.78, 5) is 35.2. The number of alkyl carbamates (subject to hydrolysis) is 1. The molecule has 208 valence electrons. The van der Waals surface area contributed by atoms with Crippen LogP contribution in [0.4, 0.5) is 4.79 Å². The molecule has 9 heteroatoms. The van der Waals surface area contributed by atoms with E-state index in [1.807, 2.05) is 0 Å². The number of rotatable bonds is 21. The Bertz CT molecular complexity index is 657. The van der Waals surface area contributed by atoms with E-state index in [1.165, 1.54) is 64.7 Å². The predicted octanol–water partition coefficient (Wildman–Crippen LogP) is 4.59. The Morgan fingerprint density at radius 2 is 1.39 bits per heavy atom. The molecular formula is C27H49N2O7+. The van der Waals surface area contributed by atoms with Gasteiger partial charge in [-0.3, -0.25) is 0 Å². The molecule has 0 aromatic heterocycles. The molecule has 1 atom stereocenters. The zero-order valence-corrected chi connectivity index (χ0v) is 22.9. The third kappa shape index (κ3) is 18.0. The predicted molar refractivity (Wildman–Crippen MR) is 140 cm³/mol. The van der Waals surface area contributed by atoms with Crippen LogP contribution in [-0.4, -0.2) is 73.4 Å². The van der Waals surface area contributed by atoms with Crippen molar-refractivity contribution in [3.05, 3.63) is 25.3 Å². The van der Waals surface area contributed by atoms with Gasteiger partial charge in [-0.05, 0) is 12.8 Å². The van der Waals surface area contributed by atoms with Gasteiger partial charge in [0, 0.05) is 25.5 Å². The van der Waals surface area contributed by atoms with E-state index in [0.29, 0.717) is 11.0 Å². The van der Waals surface area contributed by atoms with Crippen LogP contribution in [0, 0.1) is 0 Å². The zero-order chi connectivity index (χ0) is 27.5. The minimum absolute atomic E-state index is 0.0633. The normalized spacial score (nSPS) is 12.4. The highest BCUT2D eigenvalue weighted by Crippen LogP contribution is 2.13. The fourth-order valence-electron chi connectivity index (χ4n) is 3.83. The van der Waals surface area contributed by atoms with Crippen molar-refractivity contribution < 1.29 is 38.2 Å². The van der Waals surface area contributed by atoms with Crippen LogP contribution in [0.15, 0.2) is 25.3 Å². The molecule has 1 amide bonds. The Kier molecular flexibility index (Phi) is 17.6. The molecule has 0 heterocycles. The molecule has 0 aliphatic rings. The van der Waals surface area contributed by atoms with Crippen LogP contribution >= 0.6 is 0 Å². The van der Waals surface area contributed by atoms with Crippen LogP contribution in [0.5, 0.6) is 0 Å². The molecule has 2 N–H and O–H groups in total. The number of carbonyl (C=O) groups excluding carboxylic acids is 3. The molecule has 9 nitrogen and oxygen atoms in total. The number of nitrogens with one attached hydrogen (secondary N) is 1. The minimum atomic E-state index is -2.10. The standard InChI is InChI=1S/C27H48N2O7/c1-7-10-11-12-13-14-15-16-17-18-20-29(5,6)22-23(30)19-21-34-26(33)28-27(4,35-24(31)8-2)36-25(32)9-3/h8-9,23,30H,2-3,7,10-22H2,1,4-6H3/p+1. The average Bonchev–Trinajstić information content (AvgIpc) is 2.79. The number of ether oxygens (including phenoxy) is 3. The lowest BCUT2D eigenvalue weighted by atomic mass is 10.1. The summed E-state index contributed by atoms with van der Waals surface area (Å²) in [6.07, 6.45) is 13.2. The second-order valence-electron chi connectivity index (χ2n) is 9.92. The highest BCUT2D eigenvalue weighted by Gasteiger charge is 2.35. The van der Waals surface area contributed by atoms with Crippen LogP contribution < -0.4 is 5.32 Å². The second kappa shape index (κ2) is 18.8. The van der Waals surface area contributed by atoms with Crippen molar-refractivity contribution in [3.63, 3.8) is 0 Å². The third-order valence-electron chi connectivity index (χ3n) is 5.76. The van der Waals surface area contributed by atoms with E-state index in [-0.39, 0.29) is 13.0 Å². The van der Waals surface area contributed by atoms with Crippen LogP contribution in [0.2, 0.25) is 0 Å². The van der Waals surface area contributed by atoms with Gasteiger partial charge < -0.3 is 23.8 Å². The van der Waals surface area contributed by atoms with Crippen molar-refractivity contribution in [2.45, 2.75) is 96.5 Å². The summed E-state index contributed by atoms with van der Waals surface area (Å²) in [6.45, 7) is 11.4. The van der Waals surface area contributed by atoms with E-state index in [0.717, 1.165) is 25.1 Å². The lowest BCUT2D eigenvalue weighted by Crippen LogP contribution is -2.52. The Labute approximate surface area is 217 Å². The van der Waals surface area contributed by atoms with Gasteiger partial charge in [0.1, 0.15) is 12.6 Å². The van der Waals surface area contributed by atoms with Gasteiger partial charge in [0.2, 0.25) is 0 Å². The van der Waals surface area contributed by atoms with Crippen molar-refractivity contribution in [1.29, 1.82) is 0 Å². The maximum Gasteiger partial charge on any atom is 0.413 e. The van der Waals surface area contributed by atoms with E-state index in [1.54, 1.807) is 0 Å². The number of amides is 1. The molecule has 0 rings (SSSR count). The topological polar surface area (TPSA) is 111 Å². The molecule has 36 heavy (non-hydrogen) atoms. The summed E-state index contributed by atoms with van der Waals surface area (Å²) in [5.41, 5.74) is 0. The number of quaternary nitrogens is 1. The van der Waals surface area contributed by atoms with Crippen LogP contribution in [0.1, 0.15) is 84.5 Å². The van der Waals surface area contributed by atoms with Gasteiger partial charge in [-0.15, -0.1) is 0 Å². The van der Waals surface area contributed by atoms with Crippen LogP contribution in [0.3, 0.4) is 0 Å². The summed E-state index contributed by atoms with van der Waals surface area (Å²) in [6, 6.07) is 0. The Morgan fingerprint density at radius 1 is 0.917 bits per heavy atom. The van der Waals surface area contributed by atoms with Gasteiger partial charge in [0.15, 0.2) is 0 Å². The number of carbonyl (C=O) groups is 3. The number of esters is 2. The average molecular weight is 514 g/mol. The number of nitrogens with zero attached hydrogens (tertiary/aromatic N) is 1. The molecule has 0 aliphatic heterocycles. The third-order valence-corrected chi connectivity index (χ3v) is 5.76. The number of hydrogen-bond acceptors (Lipinski definition) is 7. The number of likely N-dealkylation sites (N-methyl/N-ethyl adjacent to an activating group) is 1. The molecule has 0 bridgehead atoms. The number of hydrogen-bond donors (Lipinski definition) is 2. The van der Waals surface area contributed by atoms with Crippen LogP contribution in [0.25, 0.3) is 0 Å². The highest BCUT2D eigenvalue weighted by molar-refractivity contribution is 5.84. The molecule has 0 fully saturated rings. The molecule has 0 spiro atoms. The number of unbranched alkanes of at least 4 members (excludes halogenated alkanes) is 9. The summed E-state index contributed by atoms with van der Waals surface area (Å²) >= 11 is 0. The second-order valence-corrected chi connectivity index (χ2v) is 9.92. The first-order valence-electron chi connectivity index (χ1n) is 13.1. The molecule has 0 saturated heterocycles. The lowest BCUT2D eigenvalue weighted by molar-refractivity contribution is -0.893. The van der Waals surface area contributed by atoms with Gasteiger partial charge >= 0.3 is 23.9 Å². The quantitative estimate of drug-likeness (QED) is 0.0759. The summed E-state index contributed by atoms with van der Waals surface area (Å²) < 4.78 is 15.5. The Morgan fingerprint density at radius 3 is 1.86 bits per heavy atom. The SMILES string of the molecule is C=CC(=O)OC(C)(NC(=O)OCCC(O)C[N+](C)(C)CCCCCCCCCCCC)OC(=O)C=C. The van der Waals surface area contributed by atoms with Crippen molar-refractivity contribution >= 4 is 18.0 Å². The smallest absolute Gasteiger partial charge is 0.413 e.